The Bertz CT molecular complexity index is 625. The highest BCUT2D eigenvalue weighted by Crippen LogP contribution is 2.18. The molecule has 0 aliphatic heterocycles. The standard InChI is InChI=1S/C16H19ClN2O3/c1-10-3-8-15(22-10)11(2)18-16(21)19-14(9-20)12-4-6-13(17)7-5-12/h3-8,11,14,20H,9H2,1-2H3,(H2,18,19,21). The summed E-state index contributed by atoms with van der Waals surface area (Å²) in [6.45, 7) is 3.47. The number of rotatable bonds is 5. The smallest absolute Gasteiger partial charge is 0.315 e. The van der Waals surface area contributed by atoms with Gasteiger partial charge in [-0.1, -0.05) is 23.7 Å². The van der Waals surface area contributed by atoms with Gasteiger partial charge in [-0.2, -0.15) is 0 Å². The van der Waals surface area contributed by atoms with Gasteiger partial charge in [0.2, 0.25) is 0 Å². The van der Waals surface area contributed by atoms with Gasteiger partial charge < -0.3 is 20.2 Å². The van der Waals surface area contributed by atoms with Crippen molar-refractivity contribution in [1.82, 2.24) is 10.6 Å². The maximum atomic E-state index is 12.0. The normalized spacial score (nSPS) is 13.5. The predicted molar refractivity (Wildman–Crippen MR) is 84.8 cm³/mol. The molecule has 3 N–H and O–H groups in total. The Morgan fingerprint density at radius 2 is 1.91 bits per heavy atom. The highest BCUT2D eigenvalue weighted by molar-refractivity contribution is 6.30. The van der Waals surface area contributed by atoms with E-state index >= 15 is 0 Å². The molecule has 1 aromatic heterocycles. The van der Waals surface area contributed by atoms with E-state index in [4.69, 9.17) is 16.0 Å². The Hall–Kier alpha value is -1.98. The first-order valence-electron chi connectivity index (χ1n) is 6.99. The van der Waals surface area contributed by atoms with Gasteiger partial charge in [0.05, 0.1) is 18.7 Å². The van der Waals surface area contributed by atoms with Gasteiger partial charge in [-0.25, -0.2) is 4.79 Å². The molecule has 1 heterocycles. The van der Waals surface area contributed by atoms with Crippen molar-refractivity contribution in [2.45, 2.75) is 25.9 Å². The molecule has 0 fully saturated rings. The third-order valence-corrected chi connectivity index (χ3v) is 3.55. The van der Waals surface area contributed by atoms with Gasteiger partial charge in [-0.05, 0) is 43.7 Å². The van der Waals surface area contributed by atoms with Gasteiger partial charge in [0, 0.05) is 5.02 Å². The summed E-state index contributed by atoms with van der Waals surface area (Å²) in [7, 11) is 0. The van der Waals surface area contributed by atoms with E-state index in [2.05, 4.69) is 10.6 Å². The van der Waals surface area contributed by atoms with Crippen molar-refractivity contribution in [2.24, 2.45) is 0 Å². The fraction of sp³-hybridized carbons (Fsp3) is 0.312. The summed E-state index contributed by atoms with van der Waals surface area (Å²) in [5, 5.41) is 15.6. The van der Waals surface area contributed by atoms with Crippen molar-refractivity contribution in [3.63, 3.8) is 0 Å². The first kappa shape index (κ1) is 16.4. The zero-order valence-corrected chi connectivity index (χ0v) is 13.2. The molecule has 118 valence electrons. The van der Waals surface area contributed by atoms with Crippen molar-refractivity contribution in [3.05, 3.63) is 58.5 Å². The van der Waals surface area contributed by atoms with Gasteiger partial charge in [-0.15, -0.1) is 0 Å². The molecule has 2 atom stereocenters. The minimum Gasteiger partial charge on any atom is -0.464 e. The van der Waals surface area contributed by atoms with Crippen LogP contribution in [0.1, 0.15) is 36.1 Å². The van der Waals surface area contributed by atoms with Crippen LogP contribution in [0.25, 0.3) is 0 Å². The molecule has 0 aliphatic rings. The molecular weight excluding hydrogens is 304 g/mol. The van der Waals surface area contributed by atoms with Gasteiger partial charge in [0.25, 0.3) is 0 Å². The van der Waals surface area contributed by atoms with Crippen LogP contribution in [0.15, 0.2) is 40.8 Å². The van der Waals surface area contributed by atoms with Crippen LogP contribution in [0.2, 0.25) is 5.02 Å². The Morgan fingerprint density at radius 1 is 1.23 bits per heavy atom. The Labute approximate surface area is 134 Å². The molecule has 0 spiro atoms. The van der Waals surface area contributed by atoms with E-state index in [0.717, 1.165) is 11.3 Å². The fourth-order valence-corrected chi connectivity index (χ4v) is 2.21. The number of furan rings is 1. The van der Waals surface area contributed by atoms with E-state index in [1.54, 1.807) is 24.3 Å². The number of carbonyl (C=O) groups is 1. The molecule has 2 unspecified atom stereocenters. The zero-order chi connectivity index (χ0) is 16.1. The first-order chi connectivity index (χ1) is 10.5. The minimum absolute atomic E-state index is 0.205. The van der Waals surface area contributed by atoms with Crippen LogP contribution in [-0.2, 0) is 0 Å². The molecule has 0 radical (unpaired) electrons. The first-order valence-corrected chi connectivity index (χ1v) is 7.37. The lowest BCUT2D eigenvalue weighted by Crippen LogP contribution is -2.40. The lowest BCUT2D eigenvalue weighted by molar-refractivity contribution is 0.213. The molecule has 2 aromatic rings. The van der Waals surface area contributed by atoms with E-state index in [0.29, 0.717) is 10.8 Å². The number of halogens is 1. The number of amides is 2. The Balaban J connectivity index is 1.96. The summed E-state index contributed by atoms with van der Waals surface area (Å²) in [5.41, 5.74) is 0.781. The number of aliphatic hydroxyl groups excluding tert-OH is 1. The van der Waals surface area contributed by atoms with E-state index in [1.165, 1.54) is 0 Å². The number of nitrogens with one attached hydrogen (secondary N) is 2. The lowest BCUT2D eigenvalue weighted by atomic mass is 10.1. The highest BCUT2D eigenvalue weighted by Gasteiger charge is 2.17. The molecule has 5 nitrogen and oxygen atoms in total. The van der Waals surface area contributed by atoms with Crippen LogP contribution in [0.3, 0.4) is 0 Å². The molecule has 0 aliphatic carbocycles. The molecule has 22 heavy (non-hydrogen) atoms. The summed E-state index contributed by atoms with van der Waals surface area (Å²) in [6, 6.07) is 9.49. The quantitative estimate of drug-likeness (QED) is 0.790. The van der Waals surface area contributed by atoms with Crippen LogP contribution < -0.4 is 10.6 Å². The molecule has 1 aromatic carbocycles. The fourth-order valence-electron chi connectivity index (χ4n) is 2.08. The lowest BCUT2D eigenvalue weighted by Gasteiger charge is -2.19. The summed E-state index contributed by atoms with van der Waals surface area (Å²) in [4.78, 5) is 12.0. The van der Waals surface area contributed by atoms with Gasteiger partial charge in [0.1, 0.15) is 11.5 Å². The molecule has 2 rings (SSSR count). The SMILES string of the molecule is Cc1ccc(C(C)NC(=O)NC(CO)c2ccc(Cl)cc2)o1. The molecular formula is C16H19ClN2O3. The highest BCUT2D eigenvalue weighted by atomic mass is 35.5. The largest absolute Gasteiger partial charge is 0.464 e. The maximum absolute atomic E-state index is 12.0. The molecule has 0 saturated heterocycles. The number of aliphatic hydroxyl groups is 1. The monoisotopic (exact) mass is 322 g/mol. The molecule has 0 bridgehead atoms. The number of aryl methyl sites for hydroxylation is 1. The van der Waals surface area contributed by atoms with E-state index in [9.17, 15) is 9.90 Å². The van der Waals surface area contributed by atoms with Crippen molar-refractivity contribution in [3.8, 4) is 0 Å². The predicted octanol–water partition coefficient (Wildman–Crippen LogP) is 3.34. The van der Waals surface area contributed by atoms with Crippen LogP contribution in [-0.4, -0.2) is 17.7 Å². The van der Waals surface area contributed by atoms with Crippen LogP contribution in [0, 0.1) is 6.92 Å². The second-order valence-electron chi connectivity index (χ2n) is 5.07. The number of carbonyl (C=O) groups excluding carboxylic acids is 1. The third kappa shape index (κ3) is 4.26. The second kappa shape index (κ2) is 7.33. The average molecular weight is 323 g/mol. The maximum Gasteiger partial charge on any atom is 0.315 e. The number of hydrogen-bond acceptors (Lipinski definition) is 3. The van der Waals surface area contributed by atoms with Crippen LogP contribution in [0.5, 0.6) is 0 Å². The minimum atomic E-state index is -0.497. The van der Waals surface area contributed by atoms with Crippen molar-refractivity contribution in [1.29, 1.82) is 0 Å². The third-order valence-electron chi connectivity index (χ3n) is 3.30. The number of urea groups is 1. The Kier molecular flexibility index (Phi) is 5.46. The van der Waals surface area contributed by atoms with Gasteiger partial charge >= 0.3 is 6.03 Å². The van der Waals surface area contributed by atoms with Gasteiger partial charge in [0.15, 0.2) is 0 Å². The van der Waals surface area contributed by atoms with Crippen LogP contribution >= 0.6 is 11.6 Å². The van der Waals surface area contributed by atoms with E-state index in [1.807, 2.05) is 26.0 Å². The summed E-state index contributed by atoms with van der Waals surface area (Å²) in [6.07, 6.45) is 0. The zero-order valence-electron chi connectivity index (χ0n) is 12.5. The number of benzene rings is 1. The van der Waals surface area contributed by atoms with E-state index < -0.39 is 6.04 Å². The number of hydrogen-bond donors (Lipinski definition) is 3. The molecule has 6 heteroatoms. The van der Waals surface area contributed by atoms with E-state index in [-0.39, 0.29) is 18.7 Å². The summed E-state index contributed by atoms with van der Waals surface area (Å²) >= 11 is 5.83. The summed E-state index contributed by atoms with van der Waals surface area (Å²) < 4.78 is 5.47. The van der Waals surface area contributed by atoms with Crippen molar-refractivity contribution >= 4 is 17.6 Å². The average Bonchev–Trinajstić information content (AvgIpc) is 2.92. The van der Waals surface area contributed by atoms with Crippen LogP contribution in [0.4, 0.5) is 4.79 Å². The van der Waals surface area contributed by atoms with Crippen molar-refractivity contribution in [2.75, 3.05) is 6.61 Å². The second-order valence-corrected chi connectivity index (χ2v) is 5.51. The van der Waals surface area contributed by atoms with Gasteiger partial charge in [-0.3, -0.25) is 0 Å². The molecule has 2 amide bonds. The Morgan fingerprint density at radius 3 is 2.45 bits per heavy atom. The topological polar surface area (TPSA) is 74.5 Å². The molecule has 0 saturated carbocycles. The van der Waals surface area contributed by atoms with Crippen molar-refractivity contribution < 1.29 is 14.3 Å². The summed E-state index contributed by atoms with van der Waals surface area (Å²) in [5.74, 6) is 1.47.